The minimum atomic E-state index is -3.32. The van der Waals surface area contributed by atoms with Crippen LogP contribution in [0.1, 0.15) is 16.2 Å². The molecule has 3 aromatic heterocycles. The summed E-state index contributed by atoms with van der Waals surface area (Å²) in [5.74, 6) is -0.584. The van der Waals surface area contributed by atoms with Crippen LogP contribution in [0.4, 0.5) is 10.3 Å². The third-order valence-electron chi connectivity index (χ3n) is 3.89. The standard InChI is InChI=1S/C18H14N4O5S3/c1-30(25,26)11-4-5-12-14(8-11)29-18(20-12)21-15(23)7-10-9-28-17(19-10)22-16(24)13-3-2-6-27-13/h2-6,8-9H,7H2,1H3,(H,19,22,24)(H,20,21,23). The van der Waals surface area contributed by atoms with E-state index in [4.69, 9.17) is 4.42 Å². The van der Waals surface area contributed by atoms with Gasteiger partial charge >= 0.3 is 0 Å². The number of thiazole rings is 2. The van der Waals surface area contributed by atoms with E-state index in [9.17, 15) is 18.0 Å². The molecular weight excluding hydrogens is 448 g/mol. The van der Waals surface area contributed by atoms with Crippen molar-refractivity contribution in [1.82, 2.24) is 9.97 Å². The Morgan fingerprint density at radius 1 is 1.13 bits per heavy atom. The summed E-state index contributed by atoms with van der Waals surface area (Å²) < 4.78 is 29.0. The predicted octanol–water partition coefficient (Wildman–Crippen LogP) is 3.18. The van der Waals surface area contributed by atoms with E-state index in [0.29, 0.717) is 26.2 Å². The van der Waals surface area contributed by atoms with Gasteiger partial charge in [-0.25, -0.2) is 18.4 Å². The zero-order chi connectivity index (χ0) is 21.3. The molecule has 0 bridgehead atoms. The third-order valence-corrected chi connectivity index (χ3v) is 6.74. The molecule has 0 aliphatic rings. The summed E-state index contributed by atoms with van der Waals surface area (Å²) in [5, 5.41) is 7.69. The second kappa shape index (κ2) is 7.97. The molecule has 154 valence electrons. The maximum atomic E-state index is 12.3. The van der Waals surface area contributed by atoms with Gasteiger partial charge in [-0.15, -0.1) is 11.3 Å². The number of nitrogens with one attached hydrogen (secondary N) is 2. The van der Waals surface area contributed by atoms with Crippen molar-refractivity contribution in [3.05, 3.63) is 53.4 Å². The Morgan fingerprint density at radius 2 is 1.97 bits per heavy atom. The molecule has 4 aromatic rings. The Labute approximate surface area is 178 Å². The van der Waals surface area contributed by atoms with E-state index in [1.807, 2.05) is 0 Å². The molecule has 0 fully saturated rings. The van der Waals surface area contributed by atoms with Crippen molar-refractivity contribution in [3.8, 4) is 0 Å². The molecule has 0 aliphatic carbocycles. The van der Waals surface area contributed by atoms with Crippen LogP contribution in [0.3, 0.4) is 0 Å². The van der Waals surface area contributed by atoms with Gasteiger partial charge in [0.25, 0.3) is 5.91 Å². The summed E-state index contributed by atoms with van der Waals surface area (Å²) >= 11 is 2.38. The Bertz CT molecular complexity index is 1340. The van der Waals surface area contributed by atoms with Crippen molar-refractivity contribution in [2.75, 3.05) is 16.9 Å². The highest BCUT2D eigenvalue weighted by atomic mass is 32.2. The number of benzene rings is 1. The number of fused-ring (bicyclic) bond motifs is 1. The number of nitrogens with zero attached hydrogens (tertiary/aromatic N) is 2. The summed E-state index contributed by atoms with van der Waals surface area (Å²) in [6.07, 6.45) is 2.53. The fraction of sp³-hybridized carbons (Fsp3) is 0.111. The van der Waals surface area contributed by atoms with Crippen LogP contribution in [-0.4, -0.2) is 36.5 Å². The molecule has 0 saturated heterocycles. The zero-order valence-electron chi connectivity index (χ0n) is 15.4. The highest BCUT2D eigenvalue weighted by molar-refractivity contribution is 7.90. The first kappa shape index (κ1) is 20.2. The minimum Gasteiger partial charge on any atom is -0.459 e. The van der Waals surface area contributed by atoms with Crippen LogP contribution in [-0.2, 0) is 21.1 Å². The molecule has 30 heavy (non-hydrogen) atoms. The van der Waals surface area contributed by atoms with E-state index in [1.165, 1.54) is 47.1 Å². The molecular formula is C18H14N4O5S3. The number of hydrogen-bond acceptors (Lipinski definition) is 9. The zero-order valence-corrected chi connectivity index (χ0v) is 17.9. The van der Waals surface area contributed by atoms with Gasteiger partial charge < -0.3 is 9.73 Å². The van der Waals surface area contributed by atoms with Crippen LogP contribution in [0.15, 0.2) is 51.3 Å². The summed E-state index contributed by atoms with van der Waals surface area (Å²) in [6, 6.07) is 7.76. The van der Waals surface area contributed by atoms with Crippen molar-refractivity contribution in [3.63, 3.8) is 0 Å². The van der Waals surface area contributed by atoms with E-state index in [-0.39, 0.29) is 23.0 Å². The molecule has 3 heterocycles. The Morgan fingerprint density at radius 3 is 2.70 bits per heavy atom. The Hall–Kier alpha value is -3.09. The van der Waals surface area contributed by atoms with Crippen LogP contribution in [0.2, 0.25) is 0 Å². The smallest absolute Gasteiger partial charge is 0.293 e. The summed E-state index contributed by atoms with van der Waals surface area (Å²) in [5.41, 5.74) is 1.09. The fourth-order valence-corrected chi connectivity index (χ4v) is 4.88. The topological polar surface area (TPSA) is 131 Å². The number of sulfone groups is 1. The number of amides is 2. The maximum Gasteiger partial charge on any atom is 0.293 e. The molecule has 0 saturated carbocycles. The van der Waals surface area contributed by atoms with Crippen LogP contribution in [0.25, 0.3) is 10.2 Å². The van der Waals surface area contributed by atoms with E-state index >= 15 is 0 Å². The van der Waals surface area contributed by atoms with E-state index in [1.54, 1.807) is 17.5 Å². The molecule has 12 heteroatoms. The molecule has 1 aromatic carbocycles. The lowest BCUT2D eigenvalue weighted by atomic mass is 10.3. The average molecular weight is 463 g/mol. The van der Waals surface area contributed by atoms with Crippen LogP contribution < -0.4 is 10.6 Å². The lowest BCUT2D eigenvalue weighted by Crippen LogP contribution is -2.15. The van der Waals surface area contributed by atoms with E-state index in [2.05, 4.69) is 20.6 Å². The quantitative estimate of drug-likeness (QED) is 0.450. The number of carbonyl (C=O) groups excluding carboxylic acids is 2. The number of furan rings is 1. The third kappa shape index (κ3) is 4.56. The highest BCUT2D eigenvalue weighted by Crippen LogP contribution is 2.28. The van der Waals surface area contributed by atoms with Crippen LogP contribution in [0, 0.1) is 0 Å². The monoisotopic (exact) mass is 462 g/mol. The van der Waals surface area contributed by atoms with E-state index < -0.39 is 15.7 Å². The molecule has 9 nitrogen and oxygen atoms in total. The fourth-order valence-electron chi connectivity index (χ4n) is 2.53. The van der Waals surface area contributed by atoms with Crippen molar-refractivity contribution in [1.29, 1.82) is 0 Å². The predicted molar refractivity (Wildman–Crippen MR) is 114 cm³/mol. The lowest BCUT2D eigenvalue weighted by Gasteiger charge is -1.99. The van der Waals surface area contributed by atoms with Crippen molar-refractivity contribution in [2.45, 2.75) is 11.3 Å². The van der Waals surface area contributed by atoms with Gasteiger partial charge in [0.1, 0.15) is 0 Å². The number of anilines is 2. The summed E-state index contributed by atoms with van der Waals surface area (Å²) in [7, 11) is -3.32. The van der Waals surface area contributed by atoms with Gasteiger partial charge in [0, 0.05) is 11.6 Å². The van der Waals surface area contributed by atoms with Gasteiger partial charge in [-0.2, -0.15) is 0 Å². The van der Waals surface area contributed by atoms with Gasteiger partial charge in [-0.1, -0.05) is 11.3 Å². The van der Waals surface area contributed by atoms with Gasteiger partial charge in [-0.05, 0) is 30.3 Å². The maximum absolute atomic E-state index is 12.3. The molecule has 0 aliphatic heterocycles. The number of aromatic nitrogens is 2. The van der Waals surface area contributed by atoms with Crippen molar-refractivity contribution < 1.29 is 22.4 Å². The van der Waals surface area contributed by atoms with Gasteiger partial charge in [-0.3, -0.25) is 14.9 Å². The number of carbonyl (C=O) groups is 2. The highest BCUT2D eigenvalue weighted by Gasteiger charge is 2.15. The first-order valence-corrected chi connectivity index (χ1v) is 12.1. The molecule has 0 unspecified atom stereocenters. The molecule has 0 radical (unpaired) electrons. The lowest BCUT2D eigenvalue weighted by molar-refractivity contribution is -0.115. The SMILES string of the molecule is CS(=O)(=O)c1ccc2nc(NC(=O)Cc3csc(NC(=O)c4ccco4)n3)sc2c1. The van der Waals surface area contributed by atoms with Crippen LogP contribution >= 0.6 is 22.7 Å². The summed E-state index contributed by atoms with van der Waals surface area (Å²) in [4.78, 5) is 33.0. The minimum absolute atomic E-state index is 0.00234. The van der Waals surface area contributed by atoms with Crippen LogP contribution in [0.5, 0.6) is 0 Å². The van der Waals surface area contributed by atoms with Crippen molar-refractivity contribution in [2.24, 2.45) is 0 Å². The second-order valence-electron chi connectivity index (χ2n) is 6.22. The van der Waals surface area contributed by atoms with Gasteiger partial charge in [0.05, 0.1) is 33.5 Å². The molecule has 4 rings (SSSR count). The van der Waals surface area contributed by atoms with Crippen molar-refractivity contribution >= 4 is 64.8 Å². The van der Waals surface area contributed by atoms with Gasteiger partial charge in [0.15, 0.2) is 25.9 Å². The largest absolute Gasteiger partial charge is 0.459 e. The summed E-state index contributed by atoms with van der Waals surface area (Å²) in [6.45, 7) is 0. The molecule has 2 amide bonds. The number of hydrogen-bond donors (Lipinski definition) is 2. The molecule has 0 atom stereocenters. The van der Waals surface area contributed by atoms with Gasteiger partial charge in [0.2, 0.25) is 5.91 Å². The number of rotatable bonds is 6. The first-order valence-electron chi connectivity index (χ1n) is 8.48. The first-order chi connectivity index (χ1) is 14.3. The molecule has 2 N–H and O–H groups in total. The Kier molecular flexibility index (Phi) is 5.37. The molecule has 0 spiro atoms. The average Bonchev–Trinajstić information content (AvgIpc) is 3.40. The normalized spacial score (nSPS) is 11.5. The van der Waals surface area contributed by atoms with E-state index in [0.717, 1.165) is 6.26 Å². The Balaban J connectivity index is 1.40. The second-order valence-corrected chi connectivity index (χ2v) is 10.1.